The van der Waals surface area contributed by atoms with Gasteiger partial charge in [-0.25, -0.2) is 17.7 Å². The van der Waals surface area contributed by atoms with E-state index in [0.29, 0.717) is 5.56 Å². The van der Waals surface area contributed by atoms with E-state index < -0.39 is 34.2 Å². The molecular weight excluding hydrogens is 312 g/mol. The SMILES string of the molecule is COC(=O)C[C@H](NS(=O)C(C)(C)C)c1cccc(C(F)F)c1. The molecule has 1 unspecified atom stereocenters. The van der Waals surface area contributed by atoms with Crippen molar-refractivity contribution in [2.45, 2.75) is 44.4 Å². The van der Waals surface area contributed by atoms with E-state index in [0.717, 1.165) is 0 Å². The molecule has 0 fully saturated rings. The molecule has 22 heavy (non-hydrogen) atoms. The molecular formula is C15H21F2NO3S. The van der Waals surface area contributed by atoms with Crippen LogP contribution in [0, 0.1) is 0 Å². The average Bonchev–Trinajstić information content (AvgIpc) is 2.45. The minimum absolute atomic E-state index is 0.0923. The van der Waals surface area contributed by atoms with Crippen molar-refractivity contribution >= 4 is 17.0 Å². The normalized spacial score (nSPS) is 14.7. The zero-order valence-electron chi connectivity index (χ0n) is 13.1. The van der Waals surface area contributed by atoms with Gasteiger partial charge in [0.25, 0.3) is 6.43 Å². The molecule has 4 nitrogen and oxygen atoms in total. The van der Waals surface area contributed by atoms with Crippen LogP contribution >= 0.6 is 0 Å². The van der Waals surface area contributed by atoms with Gasteiger partial charge in [0.05, 0.1) is 35.3 Å². The topological polar surface area (TPSA) is 55.4 Å². The minimum Gasteiger partial charge on any atom is -0.469 e. The first-order valence-corrected chi connectivity index (χ1v) is 7.93. The molecule has 1 N–H and O–H groups in total. The number of halogens is 2. The molecule has 0 aliphatic carbocycles. The van der Waals surface area contributed by atoms with Gasteiger partial charge in [-0.1, -0.05) is 18.2 Å². The molecule has 0 bridgehead atoms. The van der Waals surface area contributed by atoms with Crippen molar-refractivity contribution in [3.63, 3.8) is 0 Å². The molecule has 1 rings (SSSR count). The van der Waals surface area contributed by atoms with Crippen molar-refractivity contribution in [2.75, 3.05) is 7.11 Å². The van der Waals surface area contributed by atoms with Gasteiger partial charge < -0.3 is 4.74 Å². The third-order valence-corrected chi connectivity index (χ3v) is 4.58. The first-order valence-electron chi connectivity index (χ1n) is 6.78. The van der Waals surface area contributed by atoms with Gasteiger partial charge >= 0.3 is 5.97 Å². The van der Waals surface area contributed by atoms with Crippen LogP contribution in [0.3, 0.4) is 0 Å². The van der Waals surface area contributed by atoms with Crippen molar-refractivity contribution in [3.05, 3.63) is 35.4 Å². The molecule has 1 aromatic rings. The summed E-state index contributed by atoms with van der Waals surface area (Å²) in [5.74, 6) is -0.508. The second-order valence-electron chi connectivity index (χ2n) is 5.80. The second-order valence-corrected chi connectivity index (χ2v) is 7.80. The standard InChI is InChI=1S/C15H21F2NO3S/c1-15(2,3)22(20)18-12(9-13(19)21-4)10-6-5-7-11(8-10)14(16)17/h5-8,12,14,18H,9H2,1-4H3/t12-,22?/m0/s1. The summed E-state index contributed by atoms with van der Waals surface area (Å²) in [5.41, 5.74) is 0.330. The number of carbonyl (C=O) groups excluding carboxylic acids is 1. The van der Waals surface area contributed by atoms with E-state index in [1.807, 2.05) is 0 Å². The number of ether oxygens (including phenoxy) is 1. The Labute approximate surface area is 131 Å². The van der Waals surface area contributed by atoms with E-state index in [1.54, 1.807) is 26.8 Å². The van der Waals surface area contributed by atoms with Crippen molar-refractivity contribution in [1.29, 1.82) is 0 Å². The lowest BCUT2D eigenvalue weighted by Crippen LogP contribution is -2.36. The zero-order valence-corrected chi connectivity index (χ0v) is 13.9. The van der Waals surface area contributed by atoms with Gasteiger partial charge in [0.2, 0.25) is 0 Å². The number of methoxy groups -OCH3 is 1. The molecule has 0 amide bonds. The van der Waals surface area contributed by atoms with Crippen LogP contribution in [-0.2, 0) is 20.5 Å². The zero-order chi connectivity index (χ0) is 16.9. The summed E-state index contributed by atoms with van der Waals surface area (Å²) in [4.78, 5) is 11.5. The first-order chi connectivity index (χ1) is 10.1. The Morgan fingerprint density at radius 2 is 1.91 bits per heavy atom. The van der Waals surface area contributed by atoms with Crippen LogP contribution in [0.25, 0.3) is 0 Å². The Morgan fingerprint density at radius 3 is 2.41 bits per heavy atom. The van der Waals surface area contributed by atoms with E-state index in [1.165, 1.54) is 25.3 Å². The van der Waals surface area contributed by atoms with Gasteiger partial charge in [-0.15, -0.1) is 0 Å². The summed E-state index contributed by atoms with van der Waals surface area (Å²) >= 11 is 0. The summed E-state index contributed by atoms with van der Waals surface area (Å²) in [5, 5.41) is 0. The monoisotopic (exact) mass is 333 g/mol. The number of carbonyl (C=O) groups is 1. The largest absolute Gasteiger partial charge is 0.469 e. The fourth-order valence-corrected chi connectivity index (χ4v) is 2.53. The highest BCUT2D eigenvalue weighted by Crippen LogP contribution is 2.25. The van der Waals surface area contributed by atoms with E-state index in [9.17, 15) is 17.8 Å². The molecule has 0 saturated carbocycles. The van der Waals surface area contributed by atoms with Crippen LogP contribution < -0.4 is 4.72 Å². The number of nitrogens with one attached hydrogen (secondary N) is 1. The number of alkyl halides is 2. The second kappa shape index (κ2) is 7.78. The summed E-state index contributed by atoms with van der Waals surface area (Å²) in [6, 6.07) is 5.07. The Kier molecular flexibility index (Phi) is 6.62. The van der Waals surface area contributed by atoms with E-state index >= 15 is 0 Å². The van der Waals surface area contributed by atoms with Crippen molar-refractivity contribution in [1.82, 2.24) is 4.72 Å². The Balaban J connectivity index is 3.07. The minimum atomic E-state index is -2.60. The number of hydrogen-bond acceptors (Lipinski definition) is 3. The highest BCUT2D eigenvalue weighted by atomic mass is 32.2. The molecule has 0 aliphatic rings. The number of hydrogen-bond donors (Lipinski definition) is 1. The highest BCUT2D eigenvalue weighted by Gasteiger charge is 2.26. The van der Waals surface area contributed by atoms with Crippen molar-refractivity contribution in [3.8, 4) is 0 Å². The maximum Gasteiger partial charge on any atom is 0.307 e. The van der Waals surface area contributed by atoms with Crippen LogP contribution in [0.5, 0.6) is 0 Å². The van der Waals surface area contributed by atoms with Crippen LogP contribution in [0.2, 0.25) is 0 Å². The van der Waals surface area contributed by atoms with Gasteiger partial charge in [-0.3, -0.25) is 4.79 Å². The lowest BCUT2D eigenvalue weighted by molar-refractivity contribution is -0.141. The Bertz CT molecular complexity index is 544. The van der Waals surface area contributed by atoms with Crippen molar-refractivity contribution < 1.29 is 22.5 Å². The maximum atomic E-state index is 12.8. The van der Waals surface area contributed by atoms with Gasteiger partial charge in [-0.2, -0.15) is 0 Å². The predicted molar refractivity (Wildman–Crippen MR) is 81.8 cm³/mol. The van der Waals surface area contributed by atoms with E-state index in [4.69, 9.17) is 0 Å². The molecule has 0 aromatic heterocycles. The molecule has 0 spiro atoms. The van der Waals surface area contributed by atoms with Crippen LogP contribution in [0.15, 0.2) is 24.3 Å². The molecule has 0 saturated heterocycles. The van der Waals surface area contributed by atoms with Crippen LogP contribution in [-0.4, -0.2) is 22.0 Å². The average molecular weight is 333 g/mol. The number of rotatable bonds is 6. The number of benzene rings is 1. The van der Waals surface area contributed by atoms with Crippen LogP contribution in [0.1, 0.15) is 50.8 Å². The summed E-state index contributed by atoms with van der Waals surface area (Å²) < 4.78 is 44.8. The number of esters is 1. The lowest BCUT2D eigenvalue weighted by atomic mass is 10.0. The molecule has 0 heterocycles. The Morgan fingerprint density at radius 1 is 1.32 bits per heavy atom. The van der Waals surface area contributed by atoms with Crippen molar-refractivity contribution in [2.24, 2.45) is 0 Å². The highest BCUT2D eigenvalue weighted by molar-refractivity contribution is 7.84. The summed E-state index contributed by atoms with van der Waals surface area (Å²) in [7, 11) is -0.203. The van der Waals surface area contributed by atoms with E-state index in [2.05, 4.69) is 9.46 Å². The van der Waals surface area contributed by atoms with Gasteiger partial charge in [0, 0.05) is 5.56 Å². The fraction of sp³-hybridized carbons (Fsp3) is 0.533. The maximum absolute atomic E-state index is 12.8. The van der Waals surface area contributed by atoms with Gasteiger partial charge in [0.15, 0.2) is 0 Å². The third kappa shape index (κ3) is 5.46. The third-order valence-electron chi connectivity index (χ3n) is 2.97. The Hall–Kier alpha value is -1.34. The quantitative estimate of drug-likeness (QED) is 0.813. The predicted octanol–water partition coefficient (Wildman–Crippen LogP) is 3.28. The molecule has 0 radical (unpaired) electrons. The smallest absolute Gasteiger partial charge is 0.307 e. The summed E-state index contributed by atoms with van der Waals surface area (Å²) in [6.07, 6.45) is -2.70. The molecule has 124 valence electrons. The first kappa shape index (κ1) is 18.7. The molecule has 1 aromatic carbocycles. The van der Waals surface area contributed by atoms with Gasteiger partial charge in [-0.05, 0) is 32.4 Å². The molecule has 2 atom stereocenters. The lowest BCUT2D eigenvalue weighted by Gasteiger charge is -2.24. The molecule has 0 aliphatic heterocycles. The van der Waals surface area contributed by atoms with E-state index in [-0.39, 0.29) is 12.0 Å². The van der Waals surface area contributed by atoms with Gasteiger partial charge in [0.1, 0.15) is 0 Å². The fourth-order valence-electron chi connectivity index (χ4n) is 1.70. The summed E-state index contributed by atoms with van der Waals surface area (Å²) in [6.45, 7) is 5.34. The van der Waals surface area contributed by atoms with Crippen LogP contribution in [0.4, 0.5) is 8.78 Å². The molecule has 7 heteroatoms.